The van der Waals surface area contributed by atoms with E-state index in [2.05, 4.69) is 31.0 Å². The second-order valence-corrected chi connectivity index (χ2v) is 8.06. The molecule has 29 heavy (non-hydrogen) atoms. The molecule has 0 unspecified atom stereocenters. The number of benzene rings is 1. The highest BCUT2D eigenvalue weighted by atomic mass is 32.2. The molecule has 3 aromatic heterocycles. The number of anilines is 1. The number of hydrogen-bond acceptors (Lipinski definition) is 9. The van der Waals surface area contributed by atoms with E-state index < -0.39 is 0 Å². The predicted molar refractivity (Wildman–Crippen MR) is 111 cm³/mol. The third-order valence-electron chi connectivity index (χ3n) is 3.82. The van der Waals surface area contributed by atoms with Crippen LogP contribution in [0, 0.1) is 6.92 Å². The van der Waals surface area contributed by atoms with Crippen LogP contribution in [0.2, 0.25) is 0 Å². The van der Waals surface area contributed by atoms with Crippen molar-refractivity contribution in [3.8, 4) is 11.4 Å². The largest absolute Gasteiger partial charge is 0.340 e. The summed E-state index contributed by atoms with van der Waals surface area (Å²) < 4.78 is 6.13. The highest BCUT2D eigenvalue weighted by Crippen LogP contribution is 2.26. The molecule has 0 radical (unpaired) electrons. The lowest BCUT2D eigenvalue weighted by molar-refractivity contribution is 0.0961. The maximum Gasteiger partial charge on any atom is 0.340 e. The molecule has 0 atom stereocenters. The van der Waals surface area contributed by atoms with Crippen LogP contribution < -0.4 is 10.9 Å². The molecule has 1 amide bonds. The number of hydrogen-bond donors (Lipinski definition) is 2. The standard InChI is InChI=1S/C19H16N6O2S2/c1-12-10-28-19(21-12)29-11-13-2-4-15(5-3-13)17(26)23-24-18-22-16(25-27-18)14-6-8-20-9-7-14/h2-10H,11H2,1H3,(H,23,26)(H,22,24,25). The topological polar surface area (TPSA) is 106 Å². The minimum atomic E-state index is -0.302. The van der Waals surface area contributed by atoms with Gasteiger partial charge in [0.05, 0.1) is 0 Å². The fourth-order valence-electron chi connectivity index (χ4n) is 2.37. The second-order valence-electron chi connectivity index (χ2n) is 5.98. The minimum absolute atomic E-state index is 0.0944. The molecule has 3 heterocycles. The van der Waals surface area contributed by atoms with Crippen molar-refractivity contribution in [2.75, 3.05) is 5.43 Å². The van der Waals surface area contributed by atoms with Gasteiger partial charge in [0.15, 0.2) is 0 Å². The van der Waals surface area contributed by atoms with Gasteiger partial charge in [-0.2, -0.15) is 4.98 Å². The Morgan fingerprint density at radius 2 is 1.93 bits per heavy atom. The van der Waals surface area contributed by atoms with Crippen LogP contribution in [0.3, 0.4) is 0 Å². The van der Waals surface area contributed by atoms with E-state index in [1.54, 1.807) is 59.8 Å². The van der Waals surface area contributed by atoms with E-state index in [0.717, 1.165) is 26.9 Å². The summed E-state index contributed by atoms with van der Waals surface area (Å²) in [5, 5.41) is 5.90. The van der Waals surface area contributed by atoms with Gasteiger partial charge in [-0.1, -0.05) is 29.1 Å². The fourth-order valence-corrected chi connectivity index (χ4v) is 4.18. The van der Waals surface area contributed by atoms with Gasteiger partial charge in [-0.15, -0.1) is 11.3 Å². The van der Waals surface area contributed by atoms with E-state index in [-0.39, 0.29) is 11.9 Å². The summed E-state index contributed by atoms with van der Waals surface area (Å²) in [6.45, 7) is 1.98. The zero-order chi connectivity index (χ0) is 20.1. The fraction of sp³-hybridized carbons (Fsp3) is 0.105. The first kappa shape index (κ1) is 19.1. The number of amides is 1. The van der Waals surface area contributed by atoms with Crippen LogP contribution in [0.1, 0.15) is 21.6 Å². The van der Waals surface area contributed by atoms with Crippen molar-refractivity contribution in [1.82, 2.24) is 25.5 Å². The molecule has 0 bridgehead atoms. The number of pyridine rings is 1. The van der Waals surface area contributed by atoms with Crippen LogP contribution >= 0.6 is 23.1 Å². The first-order chi connectivity index (χ1) is 14.2. The van der Waals surface area contributed by atoms with Crippen molar-refractivity contribution in [3.63, 3.8) is 0 Å². The lowest BCUT2D eigenvalue weighted by atomic mass is 10.1. The van der Waals surface area contributed by atoms with Gasteiger partial charge in [-0.25, -0.2) is 10.4 Å². The SMILES string of the molecule is Cc1csc(SCc2ccc(C(=O)NNc3nc(-c4ccncc4)no3)cc2)n1. The molecule has 8 nitrogen and oxygen atoms in total. The van der Waals surface area contributed by atoms with Crippen molar-refractivity contribution >= 4 is 35.0 Å². The number of aryl methyl sites for hydroxylation is 1. The average Bonchev–Trinajstić information content (AvgIpc) is 3.40. The number of thiazole rings is 1. The Balaban J connectivity index is 1.30. The van der Waals surface area contributed by atoms with Crippen molar-refractivity contribution < 1.29 is 9.32 Å². The van der Waals surface area contributed by atoms with Gasteiger partial charge >= 0.3 is 6.01 Å². The number of rotatable bonds is 7. The third kappa shape index (κ3) is 4.98. The van der Waals surface area contributed by atoms with E-state index in [1.807, 2.05) is 24.4 Å². The molecule has 2 N–H and O–H groups in total. The molecule has 0 spiro atoms. The molecule has 4 aromatic rings. The average molecular weight is 425 g/mol. The molecule has 0 aliphatic carbocycles. The van der Waals surface area contributed by atoms with E-state index in [0.29, 0.717) is 11.4 Å². The van der Waals surface area contributed by atoms with Crippen molar-refractivity contribution in [1.29, 1.82) is 0 Å². The molecular weight excluding hydrogens is 408 g/mol. The molecule has 0 saturated carbocycles. The van der Waals surface area contributed by atoms with Gasteiger partial charge in [0.25, 0.3) is 5.91 Å². The Labute approximate surface area is 174 Å². The molecule has 10 heteroatoms. The van der Waals surface area contributed by atoms with Crippen LogP contribution in [0.4, 0.5) is 6.01 Å². The molecule has 0 aliphatic heterocycles. The number of hydrazine groups is 1. The summed E-state index contributed by atoms with van der Waals surface area (Å²) in [5.74, 6) is 0.900. The van der Waals surface area contributed by atoms with E-state index >= 15 is 0 Å². The van der Waals surface area contributed by atoms with Crippen LogP contribution in [-0.4, -0.2) is 26.0 Å². The number of carbonyl (C=O) groups is 1. The summed E-state index contributed by atoms with van der Waals surface area (Å²) in [5.41, 5.74) is 8.62. The second kappa shape index (κ2) is 8.84. The molecule has 0 aliphatic rings. The zero-order valence-corrected chi connectivity index (χ0v) is 17.0. The summed E-state index contributed by atoms with van der Waals surface area (Å²) in [6, 6.07) is 11.0. The lowest BCUT2D eigenvalue weighted by Gasteiger charge is -2.05. The summed E-state index contributed by atoms with van der Waals surface area (Å²) in [7, 11) is 0. The van der Waals surface area contributed by atoms with E-state index in [9.17, 15) is 4.79 Å². The Kier molecular flexibility index (Phi) is 5.82. The Morgan fingerprint density at radius 3 is 2.66 bits per heavy atom. The minimum Gasteiger partial charge on any atom is -0.313 e. The van der Waals surface area contributed by atoms with Gasteiger partial charge in [-0.05, 0) is 36.8 Å². The molecular formula is C19H16N6O2S2. The van der Waals surface area contributed by atoms with Crippen LogP contribution in [0.5, 0.6) is 0 Å². The van der Waals surface area contributed by atoms with Gasteiger partial charge in [0, 0.05) is 40.3 Å². The number of aromatic nitrogens is 4. The Hall–Kier alpha value is -3.24. The maximum absolute atomic E-state index is 12.3. The number of nitrogens with one attached hydrogen (secondary N) is 2. The van der Waals surface area contributed by atoms with E-state index in [1.165, 1.54) is 0 Å². The normalized spacial score (nSPS) is 10.7. The highest BCUT2D eigenvalue weighted by molar-refractivity contribution is 8.00. The number of nitrogens with zero attached hydrogens (tertiary/aromatic N) is 4. The summed E-state index contributed by atoms with van der Waals surface area (Å²) in [4.78, 5) is 24.9. The summed E-state index contributed by atoms with van der Waals surface area (Å²) in [6.07, 6.45) is 3.28. The van der Waals surface area contributed by atoms with Crippen LogP contribution in [-0.2, 0) is 5.75 Å². The Morgan fingerprint density at radius 1 is 1.14 bits per heavy atom. The van der Waals surface area contributed by atoms with Crippen molar-refractivity contribution in [2.24, 2.45) is 0 Å². The number of carbonyl (C=O) groups excluding carboxylic acids is 1. The van der Waals surface area contributed by atoms with Crippen LogP contribution in [0.15, 0.2) is 63.0 Å². The molecule has 146 valence electrons. The molecule has 0 saturated heterocycles. The van der Waals surface area contributed by atoms with Crippen molar-refractivity contribution in [2.45, 2.75) is 17.0 Å². The van der Waals surface area contributed by atoms with Gasteiger partial charge < -0.3 is 4.52 Å². The van der Waals surface area contributed by atoms with Gasteiger partial charge in [-0.3, -0.25) is 15.2 Å². The molecule has 1 aromatic carbocycles. The third-order valence-corrected chi connectivity index (χ3v) is 6.03. The van der Waals surface area contributed by atoms with Gasteiger partial charge in [0.1, 0.15) is 4.34 Å². The molecule has 4 rings (SSSR count). The number of thioether (sulfide) groups is 1. The summed E-state index contributed by atoms with van der Waals surface area (Å²) >= 11 is 3.32. The molecule has 0 fully saturated rings. The predicted octanol–water partition coefficient (Wildman–Crippen LogP) is 3.95. The van der Waals surface area contributed by atoms with Gasteiger partial charge in [0.2, 0.25) is 5.82 Å². The highest BCUT2D eigenvalue weighted by Gasteiger charge is 2.10. The zero-order valence-electron chi connectivity index (χ0n) is 15.3. The maximum atomic E-state index is 12.3. The monoisotopic (exact) mass is 424 g/mol. The van der Waals surface area contributed by atoms with Crippen LogP contribution in [0.25, 0.3) is 11.4 Å². The van der Waals surface area contributed by atoms with E-state index in [4.69, 9.17) is 4.52 Å². The lowest BCUT2D eigenvalue weighted by Crippen LogP contribution is -2.29. The first-order valence-electron chi connectivity index (χ1n) is 8.62. The smallest absolute Gasteiger partial charge is 0.313 e. The first-order valence-corrected chi connectivity index (χ1v) is 10.5. The quantitative estimate of drug-likeness (QED) is 0.339. The Bertz CT molecular complexity index is 1100. The van der Waals surface area contributed by atoms with Crippen molar-refractivity contribution in [3.05, 3.63) is 71.0 Å².